The number of thioether (sulfide) groups is 1. The molecule has 1 aliphatic rings. The number of rotatable bonds is 5. The molecule has 1 fully saturated rings. The van der Waals surface area contributed by atoms with Crippen molar-refractivity contribution in [2.24, 2.45) is 0 Å². The Balaban J connectivity index is 1.72. The number of fused-ring (bicyclic) bond motifs is 1. The quantitative estimate of drug-likeness (QED) is 0.886. The smallest absolute Gasteiger partial charge is 0.166 e. The fourth-order valence-corrected chi connectivity index (χ4v) is 4.20. The van der Waals surface area contributed by atoms with Gasteiger partial charge in [-0.05, 0) is 45.4 Å². The van der Waals surface area contributed by atoms with Crippen LogP contribution in [0.1, 0.15) is 32.6 Å². The van der Waals surface area contributed by atoms with Gasteiger partial charge in [0, 0.05) is 17.4 Å². The SMILES string of the molecule is CCOc1ccc2nc(SC3CCCC(NC)C3)[nH]c2c1. The lowest BCUT2D eigenvalue weighted by Crippen LogP contribution is -2.32. The Kier molecular flexibility index (Phi) is 4.70. The Morgan fingerprint density at radius 3 is 3.14 bits per heavy atom. The molecule has 2 atom stereocenters. The first kappa shape index (κ1) is 14.7. The summed E-state index contributed by atoms with van der Waals surface area (Å²) in [5, 5.41) is 5.09. The average molecular weight is 305 g/mol. The van der Waals surface area contributed by atoms with E-state index in [1.807, 2.05) is 36.9 Å². The monoisotopic (exact) mass is 305 g/mol. The van der Waals surface area contributed by atoms with Crippen LogP contribution < -0.4 is 10.1 Å². The van der Waals surface area contributed by atoms with E-state index < -0.39 is 0 Å². The van der Waals surface area contributed by atoms with Crippen LogP contribution in [-0.2, 0) is 0 Å². The predicted molar refractivity (Wildman–Crippen MR) is 88.2 cm³/mol. The van der Waals surface area contributed by atoms with E-state index in [0.29, 0.717) is 17.9 Å². The highest BCUT2D eigenvalue weighted by Gasteiger charge is 2.22. The maximum Gasteiger partial charge on any atom is 0.166 e. The van der Waals surface area contributed by atoms with Crippen molar-refractivity contribution >= 4 is 22.8 Å². The van der Waals surface area contributed by atoms with Crippen molar-refractivity contribution in [3.05, 3.63) is 18.2 Å². The van der Waals surface area contributed by atoms with Crippen LogP contribution in [0.4, 0.5) is 0 Å². The maximum atomic E-state index is 5.54. The first-order valence-electron chi connectivity index (χ1n) is 7.75. The van der Waals surface area contributed by atoms with E-state index in [2.05, 4.69) is 17.3 Å². The maximum absolute atomic E-state index is 5.54. The molecule has 3 rings (SSSR count). The van der Waals surface area contributed by atoms with Gasteiger partial charge in [0.15, 0.2) is 5.16 Å². The zero-order chi connectivity index (χ0) is 14.7. The van der Waals surface area contributed by atoms with Gasteiger partial charge in [-0.2, -0.15) is 0 Å². The highest BCUT2D eigenvalue weighted by molar-refractivity contribution is 7.99. The molecule has 0 saturated heterocycles. The van der Waals surface area contributed by atoms with Crippen molar-refractivity contribution in [3.8, 4) is 5.75 Å². The first-order valence-corrected chi connectivity index (χ1v) is 8.63. The summed E-state index contributed by atoms with van der Waals surface area (Å²) >= 11 is 1.88. The molecule has 0 aliphatic heterocycles. The van der Waals surface area contributed by atoms with Gasteiger partial charge in [0.2, 0.25) is 0 Å². The molecule has 1 heterocycles. The van der Waals surface area contributed by atoms with Crippen LogP contribution in [0.5, 0.6) is 5.75 Å². The third kappa shape index (κ3) is 3.52. The number of nitrogens with one attached hydrogen (secondary N) is 2. The molecule has 1 aliphatic carbocycles. The zero-order valence-corrected chi connectivity index (χ0v) is 13.5. The second kappa shape index (κ2) is 6.71. The van der Waals surface area contributed by atoms with Crippen LogP contribution >= 0.6 is 11.8 Å². The zero-order valence-electron chi connectivity index (χ0n) is 12.7. The lowest BCUT2D eigenvalue weighted by molar-refractivity contribution is 0.340. The van der Waals surface area contributed by atoms with Crippen molar-refractivity contribution < 1.29 is 4.74 Å². The third-order valence-corrected chi connectivity index (χ3v) is 5.23. The fraction of sp³-hybridized carbons (Fsp3) is 0.562. The number of benzene rings is 1. The molecule has 2 unspecified atom stereocenters. The largest absolute Gasteiger partial charge is 0.494 e. The van der Waals surface area contributed by atoms with Gasteiger partial charge in [-0.1, -0.05) is 18.2 Å². The Labute approximate surface area is 130 Å². The van der Waals surface area contributed by atoms with E-state index in [1.54, 1.807) is 0 Å². The average Bonchev–Trinajstić information content (AvgIpc) is 2.89. The van der Waals surface area contributed by atoms with Crippen LogP contribution in [0, 0.1) is 0 Å². The molecule has 0 amide bonds. The minimum atomic E-state index is 0.656. The molecule has 1 aromatic carbocycles. The molecule has 5 heteroatoms. The van der Waals surface area contributed by atoms with E-state index in [-0.39, 0.29) is 0 Å². The molecule has 4 nitrogen and oxygen atoms in total. The van der Waals surface area contributed by atoms with Crippen LogP contribution in [0.3, 0.4) is 0 Å². The lowest BCUT2D eigenvalue weighted by atomic mass is 9.95. The van der Waals surface area contributed by atoms with E-state index in [0.717, 1.165) is 21.9 Å². The molecular weight excluding hydrogens is 282 g/mol. The molecule has 0 spiro atoms. The number of aromatic amines is 1. The first-order chi connectivity index (χ1) is 10.3. The van der Waals surface area contributed by atoms with Gasteiger partial charge in [0.05, 0.1) is 17.6 Å². The summed E-state index contributed by atoms with van der Waals surface area (Å²) in [6.45, 7) is 2.69. The van der Waals surface area contributed by atoms with Crippen molar-refractivity contribution in [1.82, 2.24) is 15.3 Å². The van der Waals surface area contributed by atoms with E-state index in [1.165, 1.54) is 25.7 Å². The topological polar surface area (TPSA) is 49.9 Å². The van der Waals surface area contributed by atoms with E-state index >= 15 is 0 Å². The van der Waals surface area contributed by atoms with Gasteiger partial charge in [0.25, 0.3) is 0 Å². The van der Waals surface area contributed by atoms with Gasteiger partial charge >= 0.3 is 0 Å². The predicted octanol–water partition coefficient (Wildman–Crippen LogP) is 3.58. The number of H-pyrrole nitrogens is 1. The van der Waals surface area contributed by atoms with Crippen molar-refractivity contribution in [1.29, 1.82) is 0 Å². The molecule has 21 heavy (non-hydrogen) atoms. The highest BCUT2D eigenvalue weighted by Crippen LogP contribution is 2.33. The summed E-state index contributed by atoms with van der Waals surface area (Å²) in [5.74, 6) is 0.901. The molecule has 0 radical (unpaired) electrons. The number of hydrogen-bond acceptors (Lipinski definition) is 4. The van der Waals surface area contributed by atoms with Crippen LogP contribution in [0.2, 0.25) is 0 Å². The number of hydrogen-bond donors (Lipinski definition) is 2. The van der Waals surface area contributed by atoms with Gasteiger partial charge in [-0.15, -0.1) is 0 Å². The molecule has 1 saturated carbocycles. The van der Waals surface area contributed by atoms with Crippen molar-refractivity contribution in [2.45, 2.75) is 49.1 Å². The summed E-state index contributed by atoms with van der Waals surface area (Å²) in [6.07, 6.45) is 5.11. The van der Waals surface area contributed by atoms with Crippen molar-refractivity contribution in [2.75, 3.05) is 13.7 Å². The molecule has 114 valence electrons. The molecular formula is C16H23N3OS. The normalized spacial score (nSPS) is 22.6. The third-order valence-electron chi connectivity index (χ3n) is 4.06. The Morgan fingerprint density at radius 1 is 1.43 bits per heavy atom. The Hall–Kier alpha value is -1.20. The van der Waals surface area contributed by atoms with Crippen molar-refractivity contribution in [3.63, 3.8) is 0 Å². The Bertz CT molecular complexity index is 598. The van der Waals surface area contributed by atoms with Crippen LogP contribution in [0.25, 0.3) is 11.0 Å². The van der Waals surface area contributed by atoms with Crippen LogP contribution in [-0.4, -0.2) is 34.9 Å². The van der Waals surface area contributed by atoms with Gasteiger partial charge in [-0.3, -0.25) is 0 Å². The van der Waals surface area contributed by atoms with E-state index in [9.17, 15) is 0 Å². The van der Waals surface area contributed by atoms with Gasteiger partial charge < -0.3 is 15.0 Å². The highest BCUT2D eigenvalue weighted by atomic mass is 32.2. The number of nitrogens with zero attached hydrogens (tertiary/aromatic N) is 1. The number of ether oxygens (including phenoxy) is 1. The summed E-state index contributed by atoms with van der Waals surface area (Å²) in [4.78, 5) is 8.12. The number of aromatic nitrogens is 2. The second-order valence-electron chi connectivity index (χ2n) is 5.55. The molecule has 2 aromatic rings. The minimum Gasteiger partial charge on any atom is -0.494 e. The number of imidazole rings is 1. The minimum absolute atomic E-state index is 0.656. The van der Waals surface area contributed by atoms with E-state index in [4.69, 9.17) is 9.72 Å². The summed E-state index contributed by atoms with van der Waals surface area (Å²) < 4.78 is 5.54. The van der Waals surface area contributed by atoms with Gasteiger partial charge in [-0.25, -0.2) is 4.98 Å². The lowest BCUT2D eigenvalue weighted by Gasteiger charge is -2.27. The summed E-state index contributed by atoms with van der Waals surface area (Å²) in [6, 6.07) is 6.70. The van der Waals surface area contributed by atoms with Gasteiger partial charge in [0.1, 0.15) is 5.75 Å². The molecule has 1 aromatic heterocycles. The summed E-state index contributed by atoms with van der Waals surface area (Å²) in [5.41, 5.74) is 2.08. The standard InChI is InChI=1S/C16H23N3OS/c1-3-20-12-7-8-14-15(10-12)19-16(18-14)21-13-6-4-5-11(9-13)17-2/h7-8,10-11,13,17H,3-6,9H2,1-2H3,(H,18,19). The fourth-order valence-electron chi connectivity index (χ4n) is 2.95. The molecule has 0 bridgehead atoms. The Morgan fingerprint density at radius 2 is 2.33 bits per heavy atom. The second-order valence-corrected chi connectivity index (χ2v) is 6.84. The summed E-state index contributed by atoms with van der Waals surface area (Å²) in [7, 11) is 2.06. The molecule has 2 N–H and O–H groups in total. The van der Waals surface area contributed by atoms with Crippen LogP contribution in [0.15, 0.2) is 23.4 Å².